The molecule has 1 atom stereocenters. The average molecular weight is 635 g/mol. The SMILES string of the molecule is CCN=Cc1ccc(Oc2nc3ccccc3s2)cc1.CCNC(c1ccc(Oc2nc3ccccc3s2)cc1)C(F)(F)F. The maximum absolute atomic E-state index is 13.1. The van der Waals surface area contributed by atoms with Crippen molar-refractivity contribution in [1.29, 1.82) is 0 Å². The number of benzene rings is 4. The highest BCUT2D eigenvalue weighted by Gasteiger charge is 2.40. The summed E-state index contributed by atoms with van der Waals surface area (Å²) in [4.78, 5) is 13.0. The minimum Gasteiger partial charge on any atom is -0.431 e. The molecule has 1 N–H and O–H groups in total. The van der Waals surface area contributed by atoms with E-state index in [9.17, 15) is 13.2 Å². The Morgan fingerprint density at radius 1 is 0.750 bits per heavy atom. The van der Waals surface area contributed by atoms with E-state index in [1.54, 1.807) is 18.3 Å². The predicted octanol–water partition coefficient (Wildman–Crippen LogP) is 9.83. The maximum atomic E-state index is 13.1. The minimum atomic E-state index is -4.34. The van der Waals surface area contributed by atoms with Gasteiger partial charge in [-0.3, -0.25) is 4.99 Å². The molecule has 0 aliphatic heterocycles. The quantitative estimate of drug-likeness (QED) is 0.160. The normalized spacial score (nSPS) is 12.3. The number of halogens is 3. The molecule has 6 nitrogen and oxygen atoms in total. The fourth-order valence-corrected chi connectivity index (χ4v) is 5.83. The molecule has 0 spiro atoms. The molecule has 0 amide bonds. The summed E-state index contributed by atoms with van der Waals surface area (Å²) < 4.78 is 52.7. The molecular weight excluding hydrogens is 606 g/mol. The number of thiazole rings is 2. The summed E-state index contributed by atoms with van der Waals surface area (Å²) in [5.74, 6) is 1.24. The fraction of sp³-hybridized carbons (Fsp3) is 0.182. The summed E-state index contributed by atoms with van der Waals surface area (Å²) in [6, 6.07) is 27.7. The predicted molar refractivity (Wildman–Crippen MR) is 173 cm³/mol. The van der Waals surface area contributed by atoms with E-state index in [0.717, 1.165) is 38.3 Å². The molecule has 6 aromatic rings. The highest BCUT2D eigenvalue weighted by atomic mass is 32.1. The third-order valence-corrected chi connectivity index (χ3v) is 8.04. The molecule has 2 aromatic heterocycles. The van der Waals surface area contributed by atoms with Crippen molar-refractivity contribution in [3.63, 3.8) is 0 Å². The lowest BCUT2D eigenvalue weighted by atomic mass is 10.1. The van der Waals surface area contributed by atoms with Crippen LogP contribution < -0.4 is 14.8 Å². The molecule has 0 saturated heterocycles. The van der Waals surface area contributed by atoms with Crippen molar-refractivity contribution >= 4 is 49.3 Å². The first-order valence-corrected chi connectivity index (χ1v) is 15.5. The highest BCUT2D eigenvalue weighted by Crippen LogP contribution is 2.35. The fourth-order valence-electron chi connectivity index (χ4n) is 4.16. The van der Waals surface area contributed by atoms with Crippen LogP contribution in [-0.4, -0.2) is 35.4 Å². The van der Waals surface area contributed by atoms with Crippen molar-refractivity contribution in [3.8, 4) is 21.9 Å². The first kappa shape index (κ1) is 31.1. The molecule has 0 saturated carbocycles. The molecule has 0 fully saturated rings. The minimum absolute atomic E-state index is 0.154. The second-order valence-corrected chi connectivity index (χ2v) is 11.4. The highest BCUT2D eigenvalue weighted by molar-refractivity contribution is 7.20. The molecule has 4 aromatic carbocycles. The van der Waals surface area contributed by atoms with Crippen LogP contribution in [0.1, 0.15) is 31.0 Å². The Balaban J connectivity index is 0.000000177. The van der Waals surface area contributed by atoms with Gasteiger partial charge in [0.05, 0.1) is 20.4 Å². The molecule has 0 aliphatic carbocycles. The second-order valence-electron chi connectivity index (χ2n) is 9.40. The van der Waals surface area contributed by atoms with Gasteiger partial charge in [0.15, 0.2) is 0 Å². The number of ether oxygens (including phenoxy) is 2. The number of para-hydroxylation sites is 2. The van der Waals surface area contributed by atoms with Crippen molar-refractivity contribution in [3.05, 3.63) is 108 Å². The van der Waals surface area contributed by atoms with Crippen molar-refractivity contribution in [2.45, 2.75) is 26.1 Å². The number of aromatic nitrogens is 2. The number of rotatable bonds is 9. The van der Waals surface area contributed by atoms with Gasteiger partial charge < -0.3 is 14.8 Å². The Labute approximate surface area is 260 Å². The zero-order valence-corrected chi connectivity index (χ0v) is 25.5. The van der Waals surface area contributed by atoms with Gasteiger partial charge in [-0.1, -0.05) is 66.0 Å². The first-order valence-electron chi connectivity index (χ1n) is 13.9. The van der Waals surface area contributed by atoms with Gasteiger partial charge in [0.1, 0.15) is 17.5 Å². The Morgan fingerprint density at radius 3 is 1.70 bits per heavy atom. The molecule has 0 bridgehead atoms. The Hall–Kier alpha value is -4.32. The molecule has 0 aliphatic rings. The molecular formula is C33H29F3N4O2S2. The number of nitrogens with zero attached hydrogens (tertiary/aromatic N) is 3. The zero-order valence-electron chi connectivity index (χ0n) is 23.9. The number of alkyl halides is 3. The summed E-state index contributed by atoms with van der Waals surface area (Å²) >= 11 is 2.94. The first-order chi connectivity index (χ1) is 21.3. The lowest BCUT2D eigenvalue weighted by Gasteiger charge is -2.21. The average Bonchev–Trinajstić information content (AvgIpc) is 3.63. The van der Waals surface area contributed by atoms with Crippen molar-refractivity contribution < 1.29 is 22.6 Å². The number of hydrogen-bond donors (Lipinski definition) is 1. The van der Waals surface area contributed by atoms with E-state index in [4.69, 9.17) is 9.47 Å². The van der Waals surface area contributed by atoms with Crippen LogP contribution in [0.25, 0.3) is 20.4 Å². The smallest absolute Gasteiger partial charge is 0.407 e. The molecule has 11 heteroatoms. The Kier molecular flexibility index (Phi) is 10.2. The molecule has 6 rings (SSSR count). The third kappa shape index (κ3) is 8.19. The Morgan fingerprint density at radius 2 is 1.25 bits per heavy atom. The largest absolute Gasteiger partial charge is 0.431 e. The molecule has 1 unspecified atom stereocenters. The monoisotopic (exact) mass is 634 g/mol. The van der Waals surface area contributed by atoms with Crippen LogP contribution in [0, 0.1) is 0 Å². The standard InChI is InChI=1S/C17H15F3N2OS.C16H14N2OS/c1-2-21-15(17(18,19)20)11-7-9-12(10-8-11)23-16-22-13-5-3-4-6-14(13)24-16;1-2-17-11-12-7-9-13(10-8-12)19-16-18-14-5-3-4-6-15(14)20-16/h3-10,15,21H,2H2,1H3;3-11H,2H2,1H3. The van der Waals surface area contributed by atoms with Crippen LogP contribution in [0.2, 0.25) is 0 Å². The van der Waals surface area contributed by atoms with Crippen molar-refractivity contribution in [1.82, 2.24) is 15.3 Å². The third-order valence-electron chi connectivity index (χ3n) is 6.21. The van der Waals surface area contributed by atoms with Crippen LogP contribution in [0.5, 0.6) is 21.9 Å². The van der Waals surface area contributed by atoms with Crippen LogP contribution in [0.4, 0.5) is 13.2 Å². The van der Waals surface area contributed by atoms with Gasteiger partial charge >= 0.3 is 6.18 Å². The summed E-state index contributed by atoms with van der Waals surface area (Å²) in [5.41, 5.74) is 3.03. The Bertz CT molecular complexity index is 1750. The topological polar surface area (TPSA) is 68.6 Å². The van der Waals surface area contributed by atoms with E-state index in [1.807, 2.05) is 85.9 Å². The number of hydrogen-bond acceptors (Lipinski definition) is 8. The molecule has 226 valence electrons. The molecule has 0 radical (unpaired) electrons. The lowest BCUT2D eigenvalue weighted by molar-refractivity contribution is -0.157. The molecule has 2 heterocycles. The second kappa shape index (κ2) is 14.4. The van der Waals surface area contributed by atoms with E-state index in [2.05, 4.69) is 20.3 Å². The van der Waals surface area contributed by atoms with Gasteiger partial charge in [-0.25, -0.2) is 9.97 Å². The van der Waals surface area contributed by atoms with Gasteiger partial charge in [-0.15, -0.1) is 0 Å². The van der Waals surface area contributed by atoms with Gasteiger partial charge in [-0.05, 0) is 85.3 Å². The van der Waals surface area contributed by atoms with Crippen LogP contribution in [0.3, 0.4) is 0 Å². The van der Waals surface area contributed by atoms with Gasteiger partial charge in [0.2, 0.25) is 0 Å². The maximum Gasteiger partial charge on any atom is 0.407 e. The van der Waals surface area contributed by atoms with Crippen LogP contribution in [0.15, 0.2) is 102 Å². The summed E-state index contributed by atoms with van der Waals surface area (Å²) in [6.07, 6.45) is -2.48. The van der Waals surface area contributed by atoms with Crippen LogP contribution in [-0.2, 0) is 0 Å². The van der Waals surface area contributed by atoms with Gasteiger partial charge in [0.25, 0.3) is 10.4 Å². The summed E-state index contributed by atoms with van der Waals surface area (Å²) in [7, 11) is 0. The molecule has 44 heavy (non-hydrogen) atoms. The van der Waals surface area contributed by atoms with Gasteiger partial charge in [-0.2, -0.15) is 13.2 Å². The van der Waals surface area contributed by atoms with Crippen molar-refractivity contribution in [2.75, 3.05) is 13.1 Å². The van der Waals surface area contributed by atoms with E-state index < -0.39 is 12.2 Å². The van der Waals surface area contributed by atoms with Gasteiger partial charge in [0, 0.05) is 12.8 Å². The number of fused-ring (bicyclic) bond motifs is 2. The number of aliphatic imine (C=N–C) groups is 1. The summed E-state index contributed by atoms with van der Waals surface area (Å²) in [6.45, 7) is 4.68. The zero-order chi connectivity index (χ0) is 30.9. The summed E-state index contributed by atoms with van der Waals surface area (Å²) in [5, 5.41) is 3.58. The van der Waals surface area contributed by atoms with E-state index in [0.29, 0.717) is 16.1 Å². The van der Waals surface area contributed by atoms with E-state index >= 15 is 0 Å². The van der Waals surface area contributed by atoms with E-state index in [1.165, 1.54) is 35.6 Å². The number of nitrogens with one attached hydrogen (secondary N) is 1. The van der Waals surface area contributed by atoms with Crippen molar-refractivity contribution in [2.24, 2.45) is 4.99 Å². The van der Waals surface area contributed by atoms with E-state index in [-0.39, 0.29) is 12.1 Å². The van der Waals surface area contributed by atoms with Crippen LogP contribution >= 0.6 is 22.7 Å². The lowest BCUT2D eigenvalue weighted by Crippen LogP contribution is -2.33.